The molecule has 2 aromatic carbocycles. The molecule has 0 heterocycles. The summed E-state index contributed by atoms with van der Waals surface area (Å²) < 4.78 is 21.9. The van der Waals surface area contributed by atoms with Crippen LogP contribution >= 0.6 is 0 Å². The van der Waals surface area contributed by atoms with Gasteiger partial charge < -0.3 is 24.3 Å². The van der Waals surface area contributed by atoms with Gasteiger partial charge in [0.1, 0.15) is 25.6 Å². The van der Waals surface area contributed by atoms with Crippen LogP contribution in [0.4, 0.5) is 0 Å². The second kappa shape index (κ2) is 12.1. The number of nitrogens with one attached hydrogen (secondary N) is 1. The molecule has 0 saturated carbocycles. The van der Waals surface area contributed by atoms with Gasteiger partial charge >= 0.3 is 0 Å². The number of hydrogen-bond acceptors (Lipinski definition) is 5. The number of carbonyl (C=O) groups is 1. The number of benzene rings is 2. The highest BCUT2D eigenvalue weighted by Gasteiger charge is 2.22. The van der Waals surface area contributed by atoms with Crippen molar-refractivity contribution in [1.82, 2.24) is 5.32 Å². The Morgan fingerprint density at radius 3 is 2.53 bits per heavy atom. The number of hydrogen-bond donors (Lipinski definition) is 1. The van der Waals surface area contributed by atoms with Gasteiger partial charge in [-0.25, -0.2) is 0 Å². The van der Waals surface area contributed by atoms with Crippen molar-refractivity contribution >= 4 is 5.91 Å². The molecule has 1 N–H and O–H groups in total. The third kappa shape index (κ3) is 6.48. The predicted octanol–water partition coefficient (Wildman–Crippen LogP) is 2.90. The molecule has 2 rings (SSSR count). The highest BCUT2D eigenvalue weighted by molar-refractivity contribution is 5.82. The highest BCUT2D eigenvalue weighted by Crippen LogP contribution is 2.31. The van der Waals surface area contributed by atoms with Crippen molar-refractivity contribution in [2.45, 2.75) is 13.0 Å². The number of ether oxygens (including phenoxy) is 4. The van der Waals surface area contributed by atoms with Gasteiger partial charge in [0.2, 0.25) is 0 Å². The second-order valence-corrected chi connectivity index (χ2v) is 6.20. The fraction of sp³-hybridized carbons (Fsp3) is 0.292. The van der Waals surface area contributed by atoms with Crippen molar-refractivity contribution < 1.29 is 23.7 Å². The molecule has 0 bridgehead atoms. The van der Waals surface area contributed by atoms with E-state index in [9.17, 15) is 4.79 Å². The van der Waals surface area contributed by atoms with Crippen LogP contribution in [0.3, 0.4) is 0 Å². The number of rotatable bonds is 11. The second-order valence-electron chi connectivity index (χ2n) is 6.20. The molecule has 1 atom stereocenters. The molecule has 1 unspecified atom stereocenters. The predicted molar refractivity (Wildman–Crippen MR) is 115 cm³/mol. The van der Waals surface area contributed by atoms with Crippen LogP contribution in [0.25, 0.3) is 0 Å². The van der Waals surface area contributed by atoms with Crippen molar-refractivity contribution in [2.75, 3.05) is 33.5 Å². The van der Waals surface area contributed by atoms with E-state index in [1.54, 1.807) is 18.2 Å². The van der Waals surface area contributed by atoms with Gasteiger partial charge in [-0.3, -0.25) is 4.79 Å². The molecule has 30 heavy (non-hydrogen) atoms. The van der Waals surface area contributed by atoms with E-state index in [2.05, 4.69) is 17.2 Å². The Hall–Kier alpha value is -3.61. The minimum absolute atomic E-state index is 0.0385. The van der Waals surface area contributed by atoms with Gasteiger partial charge in [0.15, 0.2) is 17.6 Å². The number of methoxy groups -OCH3 is 1. The molecule has 0 radical (unpaired) electrons. The van der Waals surface area contributed by atoms with Gasteiger partial charge in [0.05, 0.1) is 13.7 Å². The maximum Gasteiger partial charge on any atom is 0.253 e. The van der Waals surface area contributed by atoms with Crippen LogP contribution in [-0.2, 0) is 9.53 Å². The van der Waals surface area contributed by atoms with E-state index >= 15 is 0 Å². The fourth-order valence-electron chi connectivity index (χ4n) is 2.73. The molecule has 2 aromatic rings. The Bertz CT molecular complexity index is 926. The molecular weight excluding hydrogens is 382 g/mol. The summed E-state index contributed by atoms with van der Waals surface area (Å²) in [6, 6.07) is 12.7. The summed E-state index contributed by atoms with van der Waals surface area (Å²) in [6.07, 6.45) is 9.71. The summed E-state index contributed by atoms with van der Waals surface area (Å²) >= 11 is 0. The zero-order chi connectivity index (χ0) is 21.8. The van der Waals surface area contributed by atoms with Crippen molar-refractivity contribution in [3.05, 3.63) is 53.6 Å². The first-order chi connectivity index (χ1) is 14.6. The Labute approximate surface area is 177 Å². The van der Waals surface area contributed by atoms with Crippen LogP contribution in [0, 0.1) is 31.6 Å². The van der Waals surface area contributed by atoms with Gasteiger partial charge in [0, 0.05) is 6.07 Å². The lowest BCUT2D eigenvalue weighted by molar-refractivity contribution is -0.132. The SMILES string of the molecule is C#CCOc1ccc(OCCNC(=O)C(OCC#C)c2ccccc2C)cc1OC. The Kier molecular flexibility index (Phi) is 9.12. The largest absolute Gasteiger partial charge is 0.493 e. The summed E-state index contributed by atoms with van der Waals surface area (Å²) in [4.78, 5) is 12.6. The van der Waals surface area contributed by atoms with E-state index in [0.29, 0.717) is 17.2 Å². The van der Waals surface area contributed by atoms with E-state index in [0.717, 1.165) is 11.1 Å². The molecule has 0 aromatic heterocycles. The molecule has 1 amide bonds. The van der Waals surface area contributed by atoms with E-state index in [1.807, 2.05) is 31.2 Å². The number of amides is 1. The smallest absolute Gasteiger partial charge is 0.253 e. The first-order valence-electron chi connectivity index (χ1n) is 9.36. The van der Waals surface area contributed by atoms with Gasteiger partial charge in [-0.2, -0.15) is 0 Å². The lowest BCUT2D eigenvalue weighted by Crippen LogP contribution is -2.34. The molecule has 6 heteroatoms. The molecule has 6 nitrogen and oxygen atoms in total. The molecule has 0 aliphatic rings. The van der Waals surface area contributed by atoms with Crippen molar-refractivity contribution in [3.8, 4) is 41.9 Å². The van der Waals surface area contributed by atoms with Crippen molar-refractivity contribution in [2.24, 2.45) is 0 Å². The van der Waals surface area contributed by atoms with Crippen LogP contribution < -0.4 is 19.5 Å². The lowest BCUT2D eigenvalue weighted by atomic mass is 10.0. The van der Waals surface area contributed by atoms with Crippen LogP contribution in [0.5, 0.6) is 17.2 Å². The lowest BCUT2D eigenvalue weighted by Gasteiger charge is -2.19. The minimum atomic E-state index is -0.782. The van der Waals surface area contributed by atoms with E-state index < -0.39 is 6.10 Å². The van der Waals surface area contributed by atoms with E-state index in [4.69, 9.17) is 31.8 Å². The first kappa shape index (κ1) is 22.7. The number of aryl methyl sites for hydroxylation is 1. The summed E-state index contributed by atoms with van der Waals surface area (Å²) in [5.74, 6) is 6.14. The minimum Gasteiger partial charge on any atom is -0.493 e. The van der Waals surface area contributed by atoms with Gasteiger partial charge in [-0.05, 0) is 30.2 Å². The van der Waals surface area contributed by atoms with Gasteiger partial charge in [-0.1, -0.05) is 36.1 Å². The molecule has 0 aliphatic heterocycles. The summed E-state index contributed by atoms with van der Waals surface area (Å²) in [6.45, 7) is 2.65. The number of terminal acetylenes is 2. The van der Waals surface area contributed by atoms with Crippen LogP contribution in [0.1, 0.15) is 17.2 Å². The average Bonchev–Trinajstić information content (AvgIpc) is 2.76. The van der Waals surface area contributed by atoms with Gasteiger partial charge in [0.25, 0.3) is 5.91 Å². The maximum absolute atomic E-state index is 12.6. The zero-order valence-electron chi connectivity index (χ0n) is 17.1. The Morgan fingerprint density at radius 2 is 1.83 bits per heavy atom. The van der Waals surface area contributed by atoms with Crippen molar-refractivity contribution in [3.63, 3.8) is 0 Å². The standard InChI is InChI=1S/C24H25NO5/c1-5-14-29-21-12-11-19(17-22(21)27-4)28-16-13-25-24(26)23(30-15-6-2)20-10-8-7-9-18(20)3/h1-2,7-12,17,23H,13-16H2,3-4H3,(H,25,26). The third-order valence-electron chi connectivity index (χ3n) is 4.16. The third-order valence-corrected chi connectivity index (χ3v) is 4.16. The topological polar surface area (TPSA) is 66.0 Å². The molecule has 0 saturated heterocycles. The maximum atomic E-state index is 12.6. The average molecular weight is 407 g/mol. The quantitative estimate of drug-likeness (QED) is 0.458. The fourth-order valence-corrected chi connectivity index (χ4v) is 2.73. The van der Waals surface area contributed by atoms with Crippen molar-refractivity contribution in [1.29, 1.82) is 0 Å². The normalized spacial score (nSPS) is 10.9. The Balaban J connectivity index is 1.92. The van der Waals surface area contributed by atoms with Gasteiger partial charge in [-0.15, -0.1) is 12.8 Å². The first-order valence-corrected chi connectivity index (χ1v) is 9.36. The number of carbonyl (C=O) groups excluding carboxylic acids is 1. The summed E-state index contributed by atoms with van der Waals surface area (Å²) in [5.41, 5.74) is 1.73. The summed E-state index contributed by atoms with van der Waals surface area (Å²) in [7, 11) is 1.53. The van der Waals surface area contributed by atoms with E-state index in [1.165, 1.54) is 7.11 Å². The monoisotopic (exact) mass is 407 g/mol. The summed E-state index contributed by atoms with van der Waals surface area (Å²) in [5, 5.41) is 2.82. The molecule has 156 valence electrons. The van der Waals surface area contributed by atoms with Crippen LogP contribution in [0.15, 0.2) is 42.5 Å². The molecular formula is C24H25NO5. The molecule has 0 fully saturated rings. The zero-order valence-corrected chi connectivity index (χ0v) is 17.1. The molecule has 0 aliphatic carbocycles. The molecule has 0 spiro atoms. The van der Waals surface area contributed by atoms with Crippen LogP contribution in [0.2, 0.25) is 0 Å². The van der Waals surface area contributed by atoms with Crippen LogP contribution in [-0.4, -0.2) is 39.4 Å². The van der Waals surface area contributed by atoms with E-state index in [-0.39, 0.29) is 32.3 Å². The highest BCUT2D eigenvalue weighted by atomic mass is 16.5. The Morgan fingerprint density at radius 1 is 1.07 bits per heavy atom.